The number of amides is 1. The minimum absolute atomic E-state index is 0.0446. The van der Waals surface area contributed by atoms with E-state index in [1.165, 1.54) is 12.1 Å². The summed E-state index contributed by atoms with van der Waals surface area (Å²) in [6.07, 6.45) is -5.59. The lowest BCUT2D eigenvalue weighted by molar-refractivity contribution is -0.274. The average molecular weight is 417 g/mol. The van der Waals surface area contributed by atoms with E-state index < -0.39 is 42.4 Å². The number of nitrogens with zero attached hydrogens (tertiary/aromatic N) is 4. The van der Waals surface area contributed by atoms with Crippen LogP contribution in [0.25, 0.3) is 5.65 Å². The van der Waals surface area contributed by atoms with Crippen molar-refractivity contribution in [2.45, 2.75) is 25.9 Å². The monoisotopic (exact) mass is 417 g/mol. The number of ether oxygens (including phenoxy) is 1. The van der Waals surface area contributed by atoms with Gasteiger partial charge >= 0.3 is 12.1 Å². The first-order valence-electron chi connectivity index (χ1n) is 7.97. The summed E-state index contributed by atoms with van der Waals surface area (Å²) in [6, 6.07) is 4.80. The molecular weight excluding hydrogens is 405 g/mol. The number of rotatable bonds is 6. The van der Waals surface area contributed by atoms with E-state index in [-0.39, 0.29) is 12.2 Å². The Kier molecular flexibility index (Phi) is 5.48. The van der Waals surface area contributed by atoms with Crippen LogP contribution in [0.2, 0.25) is 0 Å². The molecule has 0 atom stereocenters. The van der Waals surface area contributed by atoms with Gasteiger partial charge in [-0.2, -0.15) is 0 Å². The molecule has 2 heterocycles. The zero-order valence-corrected chi connectivity index (χ0v) is 14.4. The number of halogens is 5. The second-order valence-corrected chi connectivity index (χ2v) is 5.72. The molecule has 0 aliphatic rings. The molecule has 0 aliphatic carbocycles. The maximum atomic E-state index is 13.0. The lowest BCUT2D eigenvalue weighted by atomic mass is 10.2. The molecule has 0 fully saturated rings. The van der Waals surface area contributed by atoms with Crippen molar-refractivity contribution in [1.82, 2.24) is 24.5 Å². The fraction of sp³-hybridized carbons (Fsp3) is 0.250. The van der Waals surface area contributed by atoms with E-state index in [9.17, 15) is 31.5 Å². The van der Waals surface area contributed by atoms with Crippen LogP contribution in [0.5, 0.6) is 5.75 Å². The maximum Gasteiger partial charge on any atom is 0.573 e. The molecule has 3 rings (SSSR count). The molecule has 0 saturated heterocycles. The molecule has 0 radical (unpaired) electrons. The molecule has 2 aromatic heterocycles. The van der Waals surface area contributed by atoms with Crippen LogP contribution in [-0.4, -0.2) is 31.4 Å². The van der Waals surface area contributed by atoms with E-state index in [1.54, 1.807) is 0 Å². The fourth-order valence-corrected chi connectivity index (χ4v) is 2.43. The van der Waals surface area contributed by atoms with Gasteiger partial charge in [0.25, 0.3) is 6.43 Å². The van der Waals surface area contributed by atoms with Gasteiger partial charge in [0.1, 0.15) is 12.3 Å². The van der Waals surface area contributed by atoms with Crippen LogP contribution in [0.4, 0.5) is 22.0 Å². The van der Waals surface area contributed by atoms with Crippen molar-refractivity contribution in [3.05, 3.63) is 58.4 Å². The fourth-order valence-electron chi connectivity index (χ4n) is 2.43. The van der Waals surface area contributed by atoms with Crippen molar-refractivity contribution in [3.8, 4) is 5.75 Å². The van der Waals surface area contributed by atoms with E-state index in [1.807, 2.05) is 0 Å². The Balaban J connectivity index is 1.65. The molecule has 0 bridgehead atoms. The second kappa shape index (κ2) is 7.85. The number of alkyl halides is 5. The quantitative estimate of drug-likeness (QED) is 0.620. The van der Waals surface area contributed by atoms with E-state index in [4.69, 9.17) is 0 Å². The molecule has 0 saturated carbocycles. The predicted molar refractivity (Wildman–Crippen MR) is 87.2 cm³/mol. The highest BCUT2D eigenvalue weighted by atomic mass is 19.4. The molecule has 0 aliphatic heterocycles. The number of carbonyl (C=O) groups is 1. The molecule has 13 heteroatoms. The van der Waals surface area contributed by atoms with Crippen LogP contribution >= 0.6 is 0 Å². The van der Waals surface area contributed by atoms with Crippen molar-refractivity contribution in [2.24, 2.45) is 0 Å². The normalized spacial score (nSPS) is 11.8. The minimum atomic E-state index is -4.81. The number of fused-ring (bicyclic) bond motifs is 1. The van der Waals surface area contributed by atoms with E-state index in [2.05, 4.69) is 20.1 Å². The van der Waals surface area contributed by atoms with Crippen molar-refractivity contribution < 1.29 is 31.5 Å². The molecule has 1 aromatic carbocycles. The largest absolute Gasteiger partial charge is 0.573 e. The zero-order chi connectivity index (χ0) is 21.2. The maximum absolute atomic E-state index is 13.0. The minimum Gasteiger partial charge on any atom is -0.406 e. The Hall–Kier alpha value is -3.51. The van der Waals surface area contributed by atoms with Gasteiger partial charge in [0.2, 0.25) is 5.91 Å². The molecule has 1 amide bonds. The van der Waals surface area contributed by atoms with Crippen molar-refractivity contribution >= 4 is 11.6 Å². The first-order chi connectivity index (χ1) is 13.6. The number of benzene rings is 1. The molecule has 1 N–H and O–H groups in total. The zero-order valence-electron chi connectivity index (χ0n) is 14.4. The van der Waals surface area contributed by atoms with Gasteiger partial charge in [-0.05, 0) is 17.7 Å². The van der Waals surface area contributed by atoms with Crippen LogP contribution in [0.1, 0.15) is 17.7 Å². The van der Waals surface area contributed by atoms with Crippen LogP contribution in [0, 0.1) is 0 Å². The highest BCUT2D eigenvalue weighted by Gasteiger charge is 2.30. The SMILES string of the molecule is O=C(Cn1nc2c(C(F)F)nccn2c1=O)NCc1ccc(OC(F)(F)F)cc1. The average Bonchev–Trinajstić information content (AvgIpc) is 2.95. The molecule has 0 unspecified atom stereocenters. The van der Waals surface area contributed by atoms with Crippen LogP contribution in [0.15, 0.2) is 41.5 Å². The molecule has 3 aromatic rings. The Morgan fingerprint density at radius 3 is 2.52 bits per heavy atom. The third-order valence-electron chi connectivity index (χ3n) is 3.68. The molecular formula is C16H12F5N5O3. The number of carbonyl (C=O) groups excluding carboxylic acids is 1. The molecule has 8 nitrogen and oxygen atoms in total. The van der Waals surface area contributed by atoms with Crippen molar-refractivity contribution in [3.63, 3.8) is 0 Å². The van der Waals surface area contributed by atoms with Gasteiger partial charge in [-0.3, -0.25) is 4.79 Å². The third-order valence-corrected chi connectivity index (χ3v) is 3.68. The topological polar surface area (TPSA) is 90.5 Å². The lowest BCUT2D eigenvalue weighted by Gasteiger charge is -2.09. The van der Waals surface area contributed by atoms with E-state index in [0.29, 0.717) is 10.2 Å². The van der Waals surface area contributed by atoms with Crippen LogP contribution in [0.3, 0.4) is 0 Å². The predicted octanol–water partition coefficient (Wildman–Crippen LogP) is 2.04. The van der Waals surface area contributed by atoms with Crippen LogP contribution in [-0.2, 0) is 17.9 Å². The highest BCUT2D eigenvalue weighted by molar-refractivity contribution is 5.75. The molecule has 0 spiro atoms. The number of hydrogen-bond donors (Lipinski definition) is 1. The summed E-state index contributed by atoms with van der Waals surface area (Å²) in [6.45, 7) is -0.588. The van der Waals surface area contributed by atoms with Gasteiger partial charge in [-0.15, -0.1) is 18.3 Å². The van der Waals surface area contributed by atoms with Gasteiger partial charge in [-0.25, -0.2) is 27.6 Å². The summed E-state index contributed by atoms with van der Waals surface area (Å²) in [5, 5.41) is 6.16. The Bertz CT molecular complexity index is 1080. The van der Waals surface area contributed by atoms with Crippen molar-refractivity contribution in [1.29, 1.82) is 0 Å². The summed E-state index contributed by atoms with van der Waals surface area (Å²) in [5.41, 5.74) is -1.38. The number of hydrogen-bond acceptors (Lipinski definition) is 5. The first-order valence-corrected chi connectivity index (χ1v) is 7.97. The van der Waals surface area contributed by atoms with Gasteiger partial charge in [0, 0.05) is 18.9 Å². The van der Waals surface area contributed by atoms with E-state index in [0.717, 1.165) is 28.9 Å². The number of aromatic nitrogens is 4. The standard InChI is InChI=1S/C16H12F5N5O3/c17-13(18)12-14-24-26(15(28)25(14)6-5-22-12)8-11(27)23-7-9-1-3-10(4-2-9)29-16(19,20)21/h1-6,13H,7-8H2,(H,23,27). The number of nitrogens with one attached hydrogen (secondary N) is 1. The summed E-state index contributed by atoms with van der Waals surface area (Å²) in [4.78, 5) is 27.7. The lowest BCUT2D eigenvalue weighted by Crippen LogP contribution is -2.32. The Morgan fingerprint density at radius 2 is 1.90 bits per heavy atom. The van der Waals surface area contributed by atoms with Gasteiger partial charge in [0.05, 0.1) is 0 Å². The molecule has 154 valence electrons. The second-order valence-electron chi connectivity index (χ2n) is 5.72. The summed E-state index contributed by atoms with van der Waals surface area (Å²) in [7, 11) is 0. The summed E-state index contributed by atoms with van der Waals surface area (Å²) < 4.78 is 67.6. The first kappa shape index (κ1) is 20.2. The van der Waals surface area contributed by atoms with Gasteiger partial charge < -0.3 is 10.1 Å². The van der Waals surface area contributed by atoms with Crippen LogP contribution < -0.4 is 15.7 Å². The van der Waals surface area contributed by atoms with E-state index >= 15 is 0 Å². The third kappa shape index (κ3) is 4.86. The highest BCUT2D eigenvalue weighted by Crippen LogP contribution is 2.22. The summed E-state index contributed by atoms with van der Waals surface area (Å²) in [5.74, 6) is -1.06. The smallest absolute Gasteiger partial charge is 0.406 e. The van der Waals surface area contributed by atoms with Gasteiger partial charge in [-0.1, -0.05) is 12.1 Å². The van der Waals surface area contributed by atoms with Gasteiger partial charge in [0.15, 0.2) is 11.3 Å². The molecule has 29 heavy (non-hydrogen) atoms. The Morgan fingerprint density at radius 1 is 1.21 bits per heavy atom. The van der Waals surface area contributed by atoms with Crippen molar-refractivity contribution in [2.75, 3.05) is 0 Å². The Labute approximate surface area is 158 Å². The summed E-state index contributed by atoms with van der Waals surface area (Å²) >= 11 is 0.